The van der Waals surface area contributed by atoms with E-state index in [0.717, 1.165) is 0 Å². The number of primary sulfonamides is 1. The molecular weight excluding hydrogens is 370 g/mol. The summed E-state index contributed by atoms with van der Waals surface area (Å²) in [5.74, 6) is -0.289. The summed E-state index contributed by atoms with van der Waals surface area (Å²) in [6.07, 6.45) is 0.708. The van der Waals surface area contributed by atoms with Gasteiger partial charge >= 0.3 is 5.97 Å². The van der Waals surface area contributed by atoms with E-state index in [4.69, 9.17) is 21.5 Å². The average Bonchev–Trinajstić information content (AvgIpc) is 2.29. The van der Waals surface area contributed by atoms with Crippen molar-refractivity contribution in [3.05, 3.63) is 27.2 Å². The molecule has 1 aromatic carbocycles. The Hall–Kier alpha value is -0.630. The monoisotopic (exact) mass is 383 g/mol. The Kier molecular flexibility index (Phi) is 6.00. The second kappa shape index (κ2) is 6.89. The summed E-state index contributed by atoms with van der Waals surface area (Å²) in [4.78, 5) is 11.6. The number of sulfonamides is 1. The van der Waals surface area contributed by atoms with Gasteiger partial charge in [0.1, 0.15) is 4.90 Å². The van der Waals surface area contributed by atoms with Crippen LogP contribution in [0, 0.1) is 5.92 Å². The third-order valence-electron chi connectivity index (χ3n) is 2.46. The molecule has 0 amide bonds. The minimum atomic E-state index is -4.02. The number of hydrogen-bond acceptors (Lipinski definition) is 4. The van der Waals surface area contributed by atoms with Crippen LogP contribution in [0.5, 0.6) is 0 Å². The van der Waals surface area contributed by atoms with Crippen LogP contribution in [0.2, 0.25) is 5.02 Å². The zero-order chi connectivity index (χ0) is 15.5. The van der Waals surface area contributed by atoms with E-state index in [2.05, 4.69) is 15.9 Å². The quantitative estimate of drug-likeness (QED) is 0.791. The van der Waals surface area contributed by atoms with Gasteiger partial charge in [0.15, 0.2) is 0 Å². The maximum atomic E-state index is 11.9. The summed E-state index contributed by atoms with van der Waals surface area (Å²) in [7, 11) is -4.02. The minimum absolute atomic E-state index is 0.0335. The Morgan fingerprint density at radius 1 is 1.45 bits per heavy atom. The Balaban J connectivity index is 3.07. The highest BCUT2D eigenvalue weighted by molar-refractivity contribution is 9.10. The number of ether oxygens (including phenoxy) is 1. The van der Waals surface area contributed by atoms with Gasteiger partial charge in [0, 0.05) is 4.47 Å². The summed E-state index contributed by atoms with van der Waals surface area (Å²) in [5.41, 5.74) is -0.0335. The average molecular weight is 385 g/mol. The first-order chi connectivity index (χ1) is 9.12. The molecule has 0 heterocycles. The largest absolute Gasteiger partial charge is 0.462 e. The van der Waals surface area contributed by atoms with E-state index in [-0.39, 0.29) is 22.1 Å². The number of carbonyl (C=O) groups excluding carboxylic acids is 1. The van der Waals surface area contributed by atoms with Crippen LogP contribution in [0.15, 0.2) is 21.5 Å². The summed E-state index contributed by atoms with van der Waals surface area (Å²) in [6, 6.07) is 2.64. The van der Waals surface area contributed by atoms with E-state index >= 15 is 0 Å². The molecule has 0 saturated carbocycles. The van der Waals surface area contributed by atoms with Crippen LogP contribution in [-0.2, 0) is 14.8 Å². The van der Waals surface area contributed by atoms with Gasteiger partial charge in [0.2, 0.25) is 10.0 Å². The van der Waals surface area contributed by atoms with Crippen LogP contribution in [0.25, 0.3) is 0 Å². The molecule has 0 fully saturated rings. The Morgan fingerprint density at radius 2 is 2.05 bits per heavy atom. The van der Waals surface area contributed by atoms with E-state index in [0.29, 0.717) is 16.8 Å². The number of esters is 1. The molecule has 112 valence electrons. The van der Waals surface area contributed by atoms with E-state index in [1.54, 1.807) is 0 Å². The lowest BCUT2D eigenvalue weighted by atomic mass is 10.1. The SMILES string of the molecule is CC(C)CCOC(=O)c1cc(Br)cc(S(N)(=O)=O)c1Cl. The molecule has 5 nitrogen and oxygen atoms in total. The summed E-state index contributed by atoms with van der Waals surface area (Å²) < 4.78 is 28.2. The zero-order valence-electron chi connectivity index (χ0n) is 11.0. The molecule has 1 rings (SSSR count). The van der Waals surface area contributed by atoms with Crippen molar-refractivity contribution in [2.75, 3.05) is 6.61 Å². The number of hydrogen-bond donors (Lipinski definition) is 1. The van der Waals surface area contributed by atoms with Crippen LogP contribution in [0.4, 0.5) is 0 Å². The highest BCUT2D eigenvalue weighted by Crippen LogP contribution is 2.29. The molecular formula is C12H15BrClNO4S. The smallest absolute Gasteiger partial charge is 0.339 e. The number of rotatable bonds is 5. The first kappa shape index (κ1) is 17.4. The fraction of sp³-hybridized carbons (Fsp3) is 0.417. The predicted molar refractivity (Wildman–Crippen MR) is 80.3 cm³/mol. The molecule has 0 aliphatic rings. The van der Waals surface area contributed by atoms with Crippen molar-refractivity contribution in [1.82, 2.24) is 0 Å². The molecule has 2 N–H and O–H groups in total. The molecule has 0 radical (unpaired) electrons. The van der Waals surface area contributed by atoms with Crippen molar-refractivity contribution < 1.29 is 17.9 Å². The summed E-state index contributed by atoms with van der Waals surface area (Å²) >= 11 is 9.03. The van der Waals surface area contributed by atoms with Gasteiger partial charge in [-0.3, -0.25) is 0 Å². The molecule has 0 bridgehead atoms. The first-order valence-electron chi connectivity index (χ1n) is 5.82. The molecule has 0 aliphatic heterocycles. The molecule has 0 spiro atoms. The summed E-state index contributed by atoms with van der Waals surface area (Å²) in [5, 5.41) is 4.82. The number of nitrogens with two attached hydrogens (primary N) is 1. The van der Waals surface area contributed by atoms with Crippen LogP contribution in [0.3, 0.4) is 0 Å². The van der Waals surface area contributed by atoms with Crippen LogP contribution < -0.4 is 5.14 Å². The van der Waals surface area contributed by atoms with Crippen molar-refractivity contribution in [3.8, 4) is 0 Å². The molecule has 0 aliphatic carbocycles. The zero-order valence-corrected chi connectivity index (χ0v) is 14.2. The maximum absolute atomic E-state index is 11.9. The van der Waals surface area contributed by atoms with Crippen LogP contribution in [-0.4, -0.2) is 21.0 Å². The molecule has 1 aromatic rings. The van der Waals surface area contributed by atoms with Crippen molar-refractivity contribution in [1.29, 1.82) is 0 Å². The van der Waals surface area contributed by atoms with Gasteiger partial charge in [0.05, 0.1) is 17.2 Å². The second-order valence-electron chi connectivity index (χ2n) is 4.63. The van der Waals surface area contributed by atoms with Crippen molar-refractivity contribution in [2.24, 2.45) is 11.1 Å². The number of carbonyl (C=O) groups is 1. The lowest BCUT2D eigenvalue weighted by Crippen LogP contribution is -2.15. The van der Waals surface area contributed by atoms with Crippen LogP contribution >= 0.6 is 27.5 Å². The molecule has 8 heteroatoms. The topological polar surface area (TPSA) is 86.5 Å². The van der Waals surface area contributed by atoms with Gasteiger partial charge in [-0.25, -0.2) is 18.4 Å². The van der Waals surface area contributed by atoms with Gasteiger partial charge < -0.3 is 4.74 Å². The molecule has 0 saturated heterocycles. The Labute approximate surface area is 131 Å². The van der Waals surface area contributed by atoms with E-state index in [1.807, 2.05) is 13.8 Å². The number of benzene rings is 1. The normalized spacial score (nSPS) is 11.7. The van der Waals surface area contributed by atoms with E-state index < -0.39 is 16.0 Å². The lowest BCUT2D eigenvalue weighted by molar-refractivity contribution is 0.0488. The van der Waals surface area contributed by atoms with Gasteiger partial charge in [-0.2, -0.15) is 0 Å². The van der Waals surface area contributed by atoms with Crippen LogP contribution in [0.1, 0.15) is 30.6 Å². The summed E-state index contributed by atoms with van der Waals surface area (Å²) in [6.45, 7) is 4.24. The van der Waals surface area contributed by atoms with Crippen molar-refractivity contribution in [3.63, 3.8) is 0 Å². The second-order valence-corrected chi connectivity index (χ2v) is 7.45. The molecule has 0 aromatic heterocycles. The van der Waals surface area contributed by atoms with Gasteiger partial charge in [-0.1, -0.05) is 41.4 Å². The minimum Gasteiger partial charge on any atom is -0.462 e. The first-order valence-corrected chi connectivity index (χ1v) is 8.53. The fourth-order valence-electron chi connectivity index (χ4n) is 1.38. The highest BCUT2D eigenvalue weighted by atomic mass is 79.9. The molecule has 0 atom stereocenters. The third kappa shape index (κ3) is 4.73. The van der Waals surface area contributed by atoms with Crippen molar-refractivity contribution in [2.45, 2.75) is 25.2 Å². The molecule has 0 unspecified atom stereocenters. The third-order valence-corrected chi connectivity index (χ3v) is 4.37. The highest BCUT2D eigenvalue weighted by Gasteiger charge is 2.22. The van der Waals surface area contributed by atoms with Gasteiger partial charge in [-0.05, 0) is 24.5 Å². The maximum Gasteiger partial charge on any atom is 0.339 e. The molecule has 20 heavy (non-hydrogen) atoms. The predicted octanol–water partition coefficient (Wildman–Crippen LogP) is 2.95. The van der Waals surface area contributed by atoms with E-state index in [1.165, 1.54) is 12.1 Å². The standard InChI is InChI=1S/C12H15BrClNO4S/c1-7(2)3-4-19-12(16)9-5-8(13)6-10(11(9)14)20(15,17)18/h5-7H,3-4H2,1-2H3,(H2,15,17,18). The van der Waals surface area contributed by atoms with Gasteiger partial charge in [-0.15, -0.1) is 0 Å². The number of halogens is 2. The Morgan fingerprint density at radius 3 is 2.55 bits per heavy atom. The fourth-order valence-corrected chi connectivity index (χ4v) is 3.15. The van der Waals surface area contributed by atoms with Gasteiger partial charge in [0.25, 0.3) is 0 Å². The van der Waals surface area contributed by atoms with Crippen molar-refractivity contribution >= 4 is 43.5 Å². The lowest BCUT2D eigenvalue weighted by Gasteiger charge is -2.10. The van der Waals surface area contributed by atoms with E-state index in [9.17, 15) is 13.2 Å². The Bertz CT molecular complexity index is 616.